The van der Waals surface area contributed by atoms with Crippen molar-refractivity contribution in [3.63, 3.8) is 0 Å². The lowest BCUT2D eigenvalue weighted by atomic mass is 10.2. The van der Waals surface area contributed by atoms with Crippen molar-refractivity contribution < 1.29 is 14.7 Å². The summed E-state index contributed by atoms with van der Waals surface area (Å²) >= 11 is 0. The first kappa shape index (κ1) is 7.88. The number of carbonyl (C=O) groups excluding carboxylic acids is 1. The van der Waals surface area contributed by atoms with Crippen molar-refractivity contribution in [3.8, 4) is 0 Å². The summed E-state index contributed by atoms with van der Waals surface area (Å²) in [5, 5.41) is 8.15. The van der Waals surface area contributed by atoms with E-state index in [9.17, 15) is 9.59 Å². The molecule has 0 fully saturated rings. The number of hydrogen-bond acceptors (Lipinski definition) is 2. The average molecular weight is 128 g/mol. The highest BCUT2D eigenvalue weighted by molar-refractivity contribution is 5.73. The summed E-state index contributed by atoms with van der Waals surface area (Å²) in [5.74, 6) is -0.911. The Labute approximate surface area is 53.0 Å². The molecule has 3 heteroatoms. The van der Waals surface area contributed by atoms with Gasteiger partial charge >= 0.3 is 5.97 Å². The van der Waals surface area contributed by atoms with Crippen molar-refractivity contribution in [2.75, 3.05) is 0 Å². The Kier molecular flexibility index (Phi) is 3.35. The van der Waals surface area contributed by atoms with Gasteiger partial charge in [0.05, 0.1) is 6.42 Å². The van der Waals surface area contributed by atoms with Gasteiger partial charge in [0.1, 0.15) is 6.29 Å². The highest BCUT2D eigenvalue weighted by Gasteiger charge is 1.95. The maximum Gasteiger partial charge on any atom is 0.307 e. The minimum absolute atomic E-state index is 0.0568. The fourth-order valence-corrected chi connectivity index (χ4v) is 0.414. The second-order valence-corrected chi connectivity index (χ2v) is 1.72. The average Bonchev–Trinajstić information content (AvgIpc) is 1.63. The predicted octanol–water partition coefficient (Wildman–Crippen LogP) is 0.606. The molecule has 0 aromatic heterocycles. The number of carboxylic acid groups (broad SMARTS) is 1. The Morgan fingerprint density at radius 1 is 1.67 bits per heavy atom. The van der Waals surface area contributed by atoms with E-state index < -0.39 is 5.97 Å². The lowest BCUT2D eigenvalue weighted by Crippen LogP contribution is -1.94. The van der Waals surface area contributed by atoms with Crippen molar-refractivity contribution in [3.05, 3.63) is 11.6 Å². The van der Waals surface area contributed by atoms with Crippen LogP contribution in [0.25, 0.3) is 0 Å². The van der Waals surface area contributed by atoms with Gasteiger partial charge in [-0.05, 0) is 13.0 Å². The quantitative estimate of drug-likeness (QED) is 0.447. The van der Waals surface area contributed by atoms with Crippen molar-refractivity contribution in [2.24, 2.45) is 0 Å². The van der Waals surface area contributed by atoms with E-state index in [0.29, 0.717) is 11.9 Å². The van der Waals surface area contributed by atoms with Gasteiger partial charge in [0, 0.05) is 0 Å². The van der Waals surface area contributed by atoms with Gasteiger partial charge in [-0.2, -0.15) is 0 Å². The molecule has 0 aliphatic rings. The second-order valence-electron chi connectivity index (χ2n) is 1.72. The van der Waals surface area contributed by atoms with Crippen LogP contribution in [0.2, 0.25) is 0 Å². The molecule has 0 aliphatic carbocycles. The molecule has 0 saturated carbocycles. The molecule has 0 unspecified atom stereocenters. The van der Waals surface area contributed by atoms with Gasteiger partial charge in [0.2, 0.25) is 0 Å². The van der Waals surface area contributed by atoms with Gasteiger partial charge in [-0.1, -0.05) is 5.57 Å². The van der Waals surface area contributed by atoms with Crippen molar-refractivity contribution in [2.45, 2.75) is 13.3 Å². The Morgan fingerprint density at radius 3 is 2.56 bits per heavy atom. The molecule has 1 N–H and O–H groups in total. The predicted molar refractivity (Wildman–Crippen MR) is 32.1 cm³/mol. The number of aliphatic carboxylic acids is 1. The fourth-order valence-electron chi connectivity index (χ4n) is 0.414. The van der Waals surface area contributed by atoms with Crippen LogP contribution in [0.15, 0.2) is 11.6 Å². The summed E-state index contributed by atoms with van der Waals surface area (Å²) in [6.45, 7) is 1.60. The van der Waals surface area contributed by atoms with Gasteiger partial charge in [-0.15, -0.1) is 0 Å². The molecule has 0 radical (unpaired) electrons. The molecule has 0 atom stereocenters. The van der Waals surface area contributed by atoms with Crippen LogP contribution in [0.1, 0.15) is 13.3 Å². The summed E-state index contributed by atoms with van der Waals surface area (Å²) in [6, 6.07) is 0. The van der Waals surface area contributed by atoms with Crippen LogP contribution in [-0.2, 0) is 9.59 Å². The standard InChI is InChI=1S/C6H8O3/c1-5(2-3-7)4-6(8)9/h2-3H,4H2,1H3,(H,8,9)/b5-2+. The van der Waals surface area contributed by atoms with E-state index in [-0.39, 0.29) is 6.42 Å². The minimum Gasteiger partial charge on any atom is -0.481 e. The molecule has 50 valence electrons. The Balaban J connectivity index is 3.75. The van der Waals surface area contributed by atoms with Gasteiger partial charge in [-0.25, -0.2) is 0 Å². The van der Waals surface area contributed by atoms with Crippen LogP contribution in [0.5, 0.6) is 0 Å². The Morgan fingerprint density at radius 2 is 2.22 bits per heavy atom. The molecule has 3 nitrogen and oxygen atoms in total. The minimum atomic E-state index is -0.911. The maximum absolute atomic E-state index is 9.93. The van der Waals surface area contributed by atoms with Crippen LogP contribution in [0.3, 0.4) is 0 Å². The number of allylic oxidation sites excluding steroid dienone is 1. The first-order chi connectivity index (χ1) is 4.16. The first-order valence-electron chi connectivity index (χ1n) is 2.49. The largest absolute Gasteiger partial charge is 0.481 e. The van der Waals surface area contributed by atoms with Crippen LogP contribution in [-0.4, -0.2) is 17.4 Å². The summed E-state index contributed by atoms with van der Waals surface area (Å²) < 4.78 is 0. The topological polar surface area (TPSA) is 54.4 Å². The summed E-state index contributed by atoms with van der Waals surface area (Å²) in [5.41, 5.74) is 0.567. The Hall–Kier alpha value is -1.12. The summed E-state index contributed by atoms with van der Waals surface area (Å²) in [4.78, 5) is 19.7. The van der Waals surface area contributed by atoms with Crippen molar-refractivity contribution in [1.82, 2.24) is 0 Å². The molecular formula is C6H8O3. The summed E-state index contributed by atoms with van der Waals surface area (Å²) in [7, 11) is 0. The molecule has 0 aromatic carbocycles. The number of rotatable bonds is 3. The molecule has 0 bridgehead atoms. The monoisotopic (exact) mass is 128 g/mol. The first-order valence-corrected chi connectivity index (χ1v) is 2.49. The van der Waals surface area contributed by atoms with E-state index in [1.54, 1.807) is 6.92 Å². The van der Waals surface area contributed by atoms with Crippen LogP contribution < -0.4 is 0 Å². The van der Waals surface area contributed by atoms with E-state index in [4.69, 9.17) is 5.11 Å². The molecule has 0 amide bonds. The second kappa shape index (κ2) is 3.83. The SMILES string of the molecule is C/C(=C\C=O)CC(=O)O. The molecular weight excluding hydrogens is 120 g/mol. The third-order valence-corrected chi connectivity index (χ3v) is 0.783. The van der Waals surface area contributed by atoms with Gasteiger partial charge in [0.15, 0.2) is 0 Å². The van der Waals surface area contributed by atoms with E-state index >= 15 is 0 Å². The Bertz CT molecular complexity index is 146. The van der Waals surface area contributed by atoms with Crippen molar-refractivity contribution >= 4 is 12.3 Å². The zero-order valence-corrected chi connectivity index (χ0v) is 5.13. The van der Waals surface area contributed by atoms with Crippen LogP contribution in [0, 0.1) is 0 Å². The third-order valence-electron chi connectivity index (χ3n) is 0.783. The smallest absolute Gasteiger partial charge is 0.307 e. The lowest BCUT2D eigenvalue weighted by molar-refractivity contribution is -0.136. The normalized spacial score (nSPS) is 11.0. The summed E-state index contributed by atoms with van der Waals surface area (Å²) in [6.07, 6.45) is 1.77. The molecule has 0 aliphatic heterocycles. The van der Waals surface area contributed by atoms with E-state index in [1.807, 2.05) is 0 Å². The molecule has 0 saturated heterocycles. The lowest BCUT2D eigenvalue weighted by Gasteiger charge is -1.89. The molecule has 0 heterocycles. The van der Waals surface area contributed by atoms with E-state index in [1.165, 1.54) is 6.08 Å². The van der Waals surface area contributed by atoms with Crippen LogP contribution in [0.4, 0.5) is 0 Å². The van der Waals surface area contributed by atoms with E-state index in [2.05, 4.69) is 0 Å². The highest BCUT2D eigenvalue weighted by atomic mass is 16.4. The van der Waals surface area contributed by atoms with Crippen molar-refractivity contribution in [1.29, 1.82) is 0 Å². The van der Waals surface area contributed by atoms with Crippen LogP contribution >= 0.6 is 0 Å². The van der Waals surface area contributed by atoms with Gasteiger partial charge in [-0.3, -0.25) is 9.59 Å². The number of carboxylic acids is 1. The molecule has 9 heavy (non-hydrogen) atoms. The number of carbonyl (C=O) groups is 2. The molecule has 0 aromatic rings. The zero-order valence-electron chi connectivity index (χ0n) is 5.13. The zero-order chi connectivity index (χ0) is 7.28. The van der Waals surface area contributed by atoms with E-state index in [0.717, 1.165) is 0 Å². The molecule has 0 spiro atoms. The molecule has 0 rings (SSSR count). The number of aldehydes is 1. The third kappa shape index (κ3) is 4.74. The number of hydrogen-bond donors (Lipinski definition) is 1. The maximum atomic E-state index is 9.93. The highest BCUT2D eigenvalue weighted by Crippen LogP contribution is 1.96. The fraction of sp³-hybridized carbons (Fsp3) is 0.333. The van der Waals surface area contributed by atoms with Gasteiger partial charge < -0.3 is 5.11 Å². The van der Waals surface area contributed by atoms with Gasteiger partial charge in [0.25, 0.3) is 0 Å².